The van der Waals surface area contributed by atoms with Gasteiger partial charge < -0.3 is 29.3 Å². The van der Waals surface area contributed by atoms with E-state index >= 15 is 0 Å². The van der Waals surface area contributed by atoms with Crippen molar-refractivity contribution in [3.8, 4) is 11.6 Å². The number of rotatable bonds is 9. The minimum Gasteiger partial charge on any atom is -0.438 e. The summed E-state index contributed by atoms with van der Waals surface area (Å²) in [6.07, 6.45) is 1.64. The zero-order chi connectivity index (χ0) is 27.2. The largest absolute Gasteiger partial charge is 0.438 e. The Bertz CT molecular complexity index is 1460. The lowest BCUT2D eigenvalue weighted by molar-refractivity contribution is 0.102. The fraction of sp³-hybridized carbons (Fsp3) is 0.276. The summed E-state index contributed by atoms with van der Waals surface area (Å²) in [6, 6.07) is 17.2. The molecule has 0 aliphatic carbocycles. The van der Waals surface area contributed by atoms with Crippen LogP contribution in [0.1, 0.15) is 10.4 Å². The van der Waals surface area contributed by atoms with Gasteiger partial charge in [-0.25, -0.2) is 9.37 Å². The minimum absolute atomic E-state index is 0.243. The molecule has 1 amide bonds. The second-order valence-electron chi connectivity index (χ2n) is 9.12. The van der Waals surface area contributed by atoms with Gasteiger partial charge in [0, 0.05) is 73.8 Å². The molecular weight excluding hydrogens is 501 g/mol. The molecule has 0 spiro atoms. The molecule has 0 atom stereocenters. The van der Waals surface area contributed by atoms with Crippen LogP contribution in [-0.4, -0.2) is 69.5 Å². The first-order valence-electron chi connectivity index (χ1n) is 12.7. The highest BCUT2D eigenvalue weighted by atomic mass is 19.1. The minimum atomic E-state index is -0.463. The summed E-state index contributed by atoms with van der Waals surface area (Å²) in [5, 5.41) is 4.51. The van der Waals surface area contributed by atoms with Gasteiger partial charge in [-0.05, 0) is 30.3 Å². The molecule has 10 heteroatoms. The third-order valence-electron chi connectivity index (χ3n) is 6.46. The van der Waals surface area contributed by atoms with Gasteiger partial charge in [-0.2, -0.15) is 4.98 Å². The smallest absolute Gasteiger partial charge is 0.255 e. The van der Waals surface area contributed by atoms with E-state index in [0.717, 1.165) is 10.8 Å². The van der Waals surface area contributed by atoms with Gasteiger partial charge >= 0.3 is 0 Å². The van der Waals surface area contributed by atoms with E-state index in [2.05, 4.69) is 15.3 Å². The molecule has 1 aromatic heterocycles. The van der Waals surface area contributed by atoms with Crippen molar-refractivity contribution in [1.29, 1.82) is 0 Å². The highest BCUT2D eigenvalue weighted by molar-refractivity contribution is 6.10. The van der Waals surface area contributed by atoms with Crippen molar-refractivity contribution in [2.24, 2.45) is 0 Å². The van der Waals surface area contributed by atoms with E-state index in [9.17, 15) is 9.18 Å². The van der Waals surface area contributed by atoms with E-state index in [1.807, 2.05) is 41.1 Å². The number of amides is 1. The standard InChI is InChI=1S/C29H30FN5O4/c1-34(11-14-37-2)29-31-10-9-27(33-29)39-26-8-7-25(23-5-3-4-6-24(23)26)32-28(36)20-17-21(30)19-22(18-20)35-12-15-38-16-13-35/h3-10,17-19H,11-16H2,1-2H3,(H,32,36). The Balaban J connectivity index is 1.38. The molecule has 1 aliphatic rings. The topological polar surface area (TPSA) is 89.1 Å². The summed E-state index contributed by atoms with van der Waals surface area (Å²) in [7, 11) is 3.53. The number of morpholine rings is 1. The Hall–Kier alpha value is -4.28. The molecule has 1 N–H and O–H groups in total. The maximum absolute atomic E-state index is 14.5. The molecule has 2 heterocycles. The number of ether oxygens (including phenoxy) is 3. The van der Waals surface area contributed by atoms with E-state index in [1.165, 1.54) is 12.1 Å². The number of nitrogens with zero attached hydrogens (tertiary/aromatic N) is 4. The molecule has 0 radical (unpaired) electrons. The summed E-state index contributed by atoms with van der Waals surface area (Å²) >= 11 is 0. The van der Waals surface area contributed by atoms with E-state index in [4.69, 9.17) is 14.2 Å². The normalized spacial score (nSPS) is 13.4. The monoisotopic (exact) mass is 531 g/mol. The highest BCUT2D eigenvalue weighted by Crippen LogP contribution is 2.34. The maximum atomic E-state index is 14.5. The van der Waals surface area contributed by atoms with Crippen molar-refractivity contribution in [3.05, 3.63) is 78.2 Å². The molecule has 1 aliphatic heterocycles. The number of nitrogens with one attached hydrogen (secondary N) is 1. The number of halogens is 1. The average molecular weight is 532 g/mol. The number of methoxy groups -OCH3 is 1. The molecule has 0 saturated carbocycles. The Morgan fingerprint density at radius 2 is 1.90 bits per heavy atom. The fourth-order valence-electron chi connectivity index (χ4n) is 4.39. The van der Waals surface area contributed by atoms with Crippen molar-refractivity contribution in [3.63, 3.8) is 0 Å². The van der Waals surface area contributed by atoms with Gasteiger partial charge in [-0.3, -0.25) is 4.79 Å². The van der Waals surface area contributed by atoms with Gasteiger partial charge in [0.05, 0.1) is 19.8 Å². The number of anilines is 3. The first kappa shape index (κ1) is 26.3. The van der Waals surface area contributed by atoms with E-state index in [0.29, 0.717) is 68.4 Å². The lowest BCUT2D eigenvalue weighted by Crippen LogP contribution is -2.36. The van der Waals surface area contributed by atoms with Gasteiger partial charge in [0.1, 0.15) is 11.6 Å². The van der Waals surface area contributed by atoms with Crippen LogP contribution in [0.5, 0.6) is 11.6 Å². The van der Waals surface area contributed by atoms with E-state index in [1.54, 1.807) is 37.6 Å². The number of benzene rings is 3. The van der Waals surface area contributed by atoms with Crippen LogP contribution in [-0.2, 0) is 9.47 Å². The Labute approximate surface area is 226 Å². The predicted octanol–water partition coefficient (Wildman–Crippen LogP) is 4.73. The number of carbonyl (C=O) groups excluding carboxylic acids is 1. The highest BCUT2D eigenvalue weighted by Gasteiger charge is 2.17. The van der Waals surface area contributed by atoms with Gasteiger partial charge in [-0.1, -0.05) is 24.3 Å². The van der Waals surface area contributed by atoms with Crippen LogP contribution in [0, 0.1) is 5.82 Å². The molecule has 1 saturated heterocycles. The SMILES string of the molecule is COCCN(C)c1nccc(Oc2ccc(NC(=O)c3cc(F)cc(N4CCOCC4)c3)c3ccccc23)n1. The average Bonchev–Trinajstić information content (AvgIpc) is 2.97. The number of hydrogen-bond acceptors (Lipinski definition) is 8. The lowest BCUT2D eigenvalue weighted by Gasteiger charge is -2.29. The molecular formula is C29H30FN5O4. The molecule has 202 valence electrons. The van der Waals surface area contributed by atoms with Crippen LogP contribution in [0.4, 0.5) is 21.7 Å². The van der Waals surface area contributed by atoms with E-state index < -0.39 is 11.7 Å². The zero-order valence-electron chi connectivity index (χ0n) is 21.9. The lowest BCUT2D eigenvalue weighted by atomic mass is 10.1. The molecule has 1 fully saturated rings. The quantitative estimate of drug-likeness (QED) is 0.332. The molecule has 4 aromatic rings. The molecule has 9 nitrogen and oxygen atoms in total. The van der Waals surface area contributed by atoms with Gasteiger partial charge in [-0.15, -0.1) is 0 Å². The predicted molar refractivity (Wildman–Crippen MR) is 149 cm³/mol. The molecule has 39 heavy (non-hydrogen) atoms. The molecule has 3 aromatic carbocycles. The first-order chi connectivity index (χ1) is 19.0. The summed E-state index contributed by atoms with van der Waals surface area (Å²) in [5.41, 5.74) is 1.49. The molecule has 0 unspecified atom stereocenters. The number of fused-ring (bicyclic) bond motifs is 1. The van der Waals surface area contributed by atoms with Crippen LogP contribution >= 0.6 is 0 Å². The Morgan fingerprint density at radius 3 is 2.69 bits per heavy atom. The summed E-state index contributed by atoms with van der Waals surface area (Å²) in [6.45, 7) is 3.61. The number of likely N-dealkylation sites (N-methyl/N-ethyl adjacent to an activating group) is 1. The van der Waals surface area contributed by atoms with Crippen molar-refractivity contribution >= 4 is 34.0 Å². The Kier molecular flexibility index (Phi) is 8.14. The summed E-state index contributed by atoms with van der Waals surface area (Å²) in [5.74, 6) is 0.622. The third-order valence-corrected chi connectivity index (χ3v) is 6.46. The van der Waals surface area contributed by atoms with E-state index in [-0.39, 0.29) is 5.56 Å². The summed E-state index contributed by atoms with van der Waals surface area (Å²) < 4.78 is 31.1. The van der Waals surface area contributed by atoms with Crippen LogP contribution in [0.3, 0.4) is 0 Å². The second-order valence-corrected chi connectivity index (χ2v) is 9.12. The number of hydrogen-bond donors (Lipinski definition) is 1. The van der Waals surface area contributed by atoms with Crippen LogP contribution < -0.4 is 19.9 Å². The number of carbonyl (C=O) groups is 1. The zero-order valence-corrected chi connectivity index (χ0v) is 21.9. The van der Waals surface area contributed by atoms with Gasteiger partial charge in [0.15, 0.2) is 0 Å². The Morgan fingerprint density at radius 1 is 1.10 bits per heavy atom. The summed E-state index contributed by atoms with van der Waals surface area (Å²) in [4.78, 5) is 25.9. The third kappa shape index (κ3) is 6.24. The van der Waals surface area contributed by atoms with Crippen molar-refractivity contribution in [1.82, 2.24) is 9.97 Å². The molecule has 0 bridgehead atoms. The van der Waals surface area contributed by atoms with Crippen molar-refractivity contribution < 1.29 is 23.4 Å². The molecule has 5 rings (SSSR count). The van der Waals surface area contributed by atoms with Crippen molar-refractivity contribution in [2.45, 2.75) is 0 Å². The van der Waals surface area contributed by atoms with Gasteiger partial charge in [0.2, 0.25) is 11.8 Å². The van der Waals surface area contributed by atoms with Crippen LogP contribution in [0.15, 0.2) is 66.9 Å². The van der Waals surface area contributed by atoms with Crippen LogP contribution in [0.25, 0.3) is 10.8 Å². The fourth-order valence-corrected chi connectivity index (χ4v) is 4.39. The van der Waals surface area contributed by atoms with Crippen molar-refractivity contribution in [2.75, 3.05) is 68.7 Å². The first-order valence-corrected chi connectivity index (χ1v) is 12.7. The number of aromatic nitrogens is 2. The maximum Gasteiger partial charge on any atom is 0.255 e. The second kappa shape index (κ2) is 12.1. The van der Waals surface area contributed by atoms with Crippen LogP contribution in [0.2, 0.25) is 0 Å². The van der Waals surface area contributed by atoms with Gasteiger partial charge in [0.25, 0.3) is 5.91 Å².